The zero-order valence-corrected chi connectivity index (χ0v) is 15.9. The number of aromatic nitrogens is 2. The maximum Gasteiger partial charge on any atom is 0.318 e. The molecule has 10 heteroatoms. The van der Waals surface area contributed by atoms with Crippen molar-refractivity contribution in [3.63, 3.8) is 0 Å². The lowest BCUT2D eigenvalue weighted by Gasteiger charge is -2.10. The average molecular weight is 407 g/mol. The van der Waals surface area contributed by atoms with Crippen molar-refractivity contribution in [1.29, 1.82) is 0 Å². The summed E-state index contributed by atoms with van der Waals surface area (Å²) in [5.41, 5.74) is 5.60. The molecule has 0 aliphatic carbocycles. The maximum atomic E-state index is 13.0. The van der Waals surface area contributed by atoms with Crippen molar-refractivity contribution in [3.8, 4) is 10.4 Å². The van der Waals surface area contributed by atoms with E-state index in [-0.39, 0.29) is 17.9 Å². The van der Waals surface area contributed by atoms with E-state index < -0.39 is 11.9 Å². The molecule has 0 saturated carbocycles. The maximum absolute atomic E-state index is 13.0. The van der Waals surface area contributed by atoms with Gasteiger partial charge in [0, 0.05) is 22.4 Å². The summed E-state index contributed by atoms with van der Waals surface area (Å²) in [6.45, 7) is 3.95. The lowest BCUT2D eigenvalue weighted by Crippen LogP contribution is -2.36. The number of imide groups is 1. The number of nitrogens with two attached hydrogens (primary N) is 1. The smallest absolute Gasteiger partial charge is 0.318 e. The number of primary amides is 1. The second kappa shape index (κ2) is 7.85. The molecule has 3 aromatic rings. The first kappa shape index (κ1) is 18.4. The molecule has 3 amide bonds. The van der Waals surface area contributed by atoms with Crippen LogP contribution < -0.4 is 16.6 Å². The average Bonchev–Trinajstić information content (AvgIpc) is 3.24. The van der Waals surface area contributed by atoms with Gasteiger partial charge in [0.25, 0.3) is 5.56 Å². The van der Waals surface area contributed by atoms with Gasteiger partial charge in [-0.15, -0.1) is 29.3 Å². The summed E-state index contributed by atoms with van der Waals surface area (Å²) in [5, 5.41) is 6.81. The monoisotopic (exact) mass is 406 g/mol. The summed E-state index contributed by atoms with van der Waals surface area (Å²) < 4.78 is 1.47. The summed E-state index contributed by atoms with van der Waals surface area (Å²) in [6.07, 6.45) is 1.60. The van der Waals surface area contributed by atoms with Crippen molar-refractivity contribution in [2.24, 2.45) is 5.73 Å². The molecular formula is C16H14N4O3S3. The Labute approximate surface area is 160 Å². The highest BCUT2D eigenvalue weighted by Gasteiger charge is 2.18. The third kappa shape index (κ3) is 3.71. The summed E-state index contributed by atoms with van der Waals surface area (Å²) >= 11 is 4.00. The Kier molecular flexibility index (Phi) is 5.55. The van der Waals surface area contributed by atoms with Gasteiger partial charge in [-0.25, -0.2) is 9.78 Å². The minimum atomic E-state index is -0.915. The van der Waals surface area contributed by atoms with E-state index in [1.165, 1.54) is 15.9 Å². The number of amides is 3. The number of thioether (sulfide) groups is 1. The largest absolute Gasteiger partial charge is 0.351 e. The van der Waals surface area contributed by atoms with Gasteiger partial charge in [0.05, 0.1) is 11.1 Å². The van der Waals surface area contributed by atoms with Crippen LogP contribution in [0.15, 0.2) is 45.5 Å². The molecule has 0 atom stereocenters. The van der Waals surface area contributed by atoms with Crippen LogP contribution in [0.1, 0.15) is 0 Å². The molecule has 3 heterocycles. The number of hydrogen-bond donors (Lipinski definition) is 2. The molecule has 0 spiro atoms. The topological polar surface area (TPSA) is 107 Å². The zero-order chi connectivity index (χ0) is 18.7. The lowest BCUT2D eigenvalue weighted by molar-refractivity contribution is -0.117. The van der Waals surface area contributed by atoms with E-state index in [9.17, 15) is 14.4 Å². The Hall–Kier alpha value is -2.43. The number of thiophene rings is 2. The lowest BCUT2D eigenvalue weighted by atomic mass is 10.2. The van der Waals surface area contributed by atoms with Crippen LogP contribution in [-0.2, 0) is 11.3 Å². The summed E-state index contributed by atoms with van der Waals surface area (Å²) in [7, 11) is 0. The number of urea groups is 1. The van der Waals surface area contributed by atoms with E-state index in [2.05, 4.69) is 11.6 Å². The normalized spacial score (nSPS) is 10.8. The van der Waals surface area contributed by atoms with Gasteiger partial charge in [-0.2, -0.15) is 0 Å². The van der Waals surface area contributed by atoms with Crippen molar-refractivity contribution < 1.29 is 9.59 Å². The van der Waals surface area contributed by atoms with E-state index >= 15 is 0 Å². The van der Waals surface area contributed by atoms with Gasteiger partial charge in [0.15, 0.2) is 5.16 Å². The van der Waals surface area contributed by atoms with Crippen LogP contribution >= 0.6 is 34.4 Å². The minimum Gasteiger partial charge on any atom is -0.351 e. The Bertz CT molecular complexity index is 1040. The predicted octanol–water partition coefficient (Wildman–Crippen LogP) is 2.66. The van der Waals surface area contributed by atoms with Crippen LogP contribution in [0.4, 0.5) is 4.79 Å². The highest BCUT2D eigenvalue weighted by molar-refractivity contribution is 7.99. The molecule has 26 heavy (non-hydrogen) atoms. The first-order chi connectivity index (χ1) is 12.5. The molecule has 0 unspecified atom stereocenters. The van der Waals surface area contributed by atoms with E-state index in [4.69, 9.17) is 5.73 Å². The van der Waals surface area contributed by atoms with Gasteiger partial charge >= 0.3 is 6.03 Å². The summed E-state index contributed by atoms with van der Waals surface area (Å²) in [4.78, 5) is 41.6. The number of carbonyl (C=O) groups excluding carboxylic acids is 2. The van der Waals surface area contributed by atoms with Crippen molar-refractivity contribution in [2.45, 2.75) is 11.7 Å². The number of hydrogen-bond acceptors (Lipinski definition) is 7. The molecule has 0 radical (unpaired) electrons. The Morgan fingerprint density at radius 3 is 2.88 bits per heavy atom. The Balaban J connectivity index is 2.03. The second-order valence-electron chi connectivity index (χ2n) is 5.11. The van der Waals surface area contributed by atoms with Gasteiger partial charge in [-0.05, 0) is 11.4 Å². The van der Waals surface area contributed by atoms with Crippen LogP contribution in [0.25, 0.3) is 20.7 Å². The minimum absolute atomic E-state index is 0.0822. The van der Waals surface area contributed by atoms with Gasteiger partial charge < -0.3 is 5.73 Å². The highest BCUT2D eigenvalue weighted by Crippen LogP contribution is 2.34. The summed E-state index contributed by atoms with van der Waals surface area (Å²) in [6, 6.07) is 2.97. The molecule has 0 aliphatic rings. The van der Waals surface area contributed by atoms with E-state index in [1.54, 1.807) is 17.4 Å². The molecule has 3 rings (SSSR count). The molecule has 0 fully saturated rings. The molecule has 0 aromatic carbocycles. The fraction of sp³-hybridized carbons (Fsp3) is 0.125. The fourth-order valence-electron chi connectivity index (χ4n) is 2.32. The molecule has 3 N–H and O–H groups in total. The number of nitrogens with zero attached hydrogens (tertiary/aromatic N) is 2. The molecular weight excluding hydrogens is 392 g/mol. The van der Waals surface area contributed by atoms with Crippen molar-refractivity contribution in [2.75, 3.05) is 5.75 Å². The van der Waals surface area contributed by atoms with Crippen molar-refractivity contribution >= 4 is 56.6 Å². The molecule has 134 valence electrons. The third-order valence-corrected chi connectivity index (χ3v) is 6.10. The predicted molar refractivity (Wildman–Crippen MR) is 106 cm³/mol. The van der Waals surface area contributed by atoms with Crippen LogP contribution in [0, 0.1) is 0 Å². The Morgan fingerprint density at radius 1 is 1.42 bits per heavy atom. The first-order valence-corrected chi connectivity index (χ1v) is 10.1. The van der Waals surface area contributed by atoms with E-state index in [0.717, 1.165) is 22.2 Å². The van der Waals surface area contributed by atoms with Crippen LogP contribution in [0.2, 0.25) is 0 Å². The van der Waals surface area contributed by atoms with Gasteiger partial charge in [0.2, 0.25) is 5.91 Å². The second-order valence-corrected chi connectivity index (χ2v) is 7.86. The number of fused-ring (bicyclic) bond motifs is 1. The zero-order valence-electron chi connectivity index (χ0n) is 13.4. The summed E-state index contributed by atoms with van der Waals surface area (Å²) in [5.74, 6) is -0.631. The third-order valence-electron chi connectivity index (χ3n) is 3.35. The van der Waals surface area contributed by atoms with Gasteiger partial charge in [-0.3, -0.25) is 19.5 Å². The van der Waals surface area contributed by atoms with Crippen molar-refractivity contribution in [3.05, 3.63) is 45.9 Å². The molecule has 0 bridgehead atoms. The number of nitrogens with one attached hydrogen (secondary N) is 1. The number of allylic oxidation sites excluding steroid dienone is 1. The molecule has 0 saturated heterocycles. The fourth-order valence-corrected chi connectivity index (χ4v) is 4.93. The number of rotatable bonds is 6. The first-order valence-electron chi connectivity index (χ1n) is 7.40. The van der Waals surface area contributed by atoms with Crippen LogP contribution in [0.5, 0.6) is 0 Å². The molecule has 3 aromatic heterocycles. The molecule has 0 aliphatic heterocycles. The standard InChI is InChI=1S/C16H14N4O3S3/c1-2-5-20-14(22)12-9(10-4-3-6-24-10)7-25-13(12)19-16(20)26-8-11(21)18-15(17)23/h2-4,6-7H,1,5,8H2,(H3,17,18,21,23). The quantitative estimate of drug-likeness (QED) is 0.372. The number of carbonyl (C=O) groups is 2. The van der Waals surface area contributed by atoms with E-state index in [1.807, 2.05) is 28.2 Å². The van der Waals surface area contributed by atoms with Crippen LogP contribution in [-0.4, -0.2) is 27.2 Å². The van der Waals surface area contributed by atoms with E-state index in [0.29, 0.717) is 15.4 Å². The highest BCUT2D eigenvalue weighted by atomic mass is 32.2. The van der Waals surface area contributed by atoms with Crippen molar-refractivity contribution in [1.82, 2.24) is 14.9 Å². The SMILES string of the molecule is C=CCn1c(SCC(=O)NC(N)=O)nc2scc(-c3cccs3)c2c1=O. The van der Waals surface area contributed by atoms with Gasteiger partial charge in [-0.1, -0.05) is 23.9 Å². The van der Waals surface area contributed by atoms with Gasteiger partial charge in [0.1, 0.15) is 4.83 Å². The Morgan fingerprint density at radius 2 is 2.23 bits per heavy atom. The molecule has 7 nitrogen and oxygen atoms in total. The van der Waals surface area contributed by atoms with Crippen LogP contribution in [0.3, 0.4) is 0 Å².